The van der Waals surface area contributed by atoms with Gasteiger partial charge in [0.15, 0.2) is 16.9 Å². The van der Waals surface area contributed by atoms with E-state index < -0.39 is 11.3 Å². The van der Waals surface area contributed by atoms with Gasteiger partial charge in [0.05, 0.1) is 19.8 Å². The van der Waals surface area contributed by atoms with E-state index in [0.717, 1.165) is 0 Å². The number of hydrogen-bond acceptors (Lipinski definition) is 7. The quantitative estimate of drug-likeness (QED) is 0.456. The summed E-state index contributed by atoms with van der Waals surface area (Å²) in [6, 6.07) is 4.10. The molecule has 7 heteroatoms. The van der Waals surface area contributed by atoms with Crippen LogP contribution in [0.4, 0.5) is 0 Å². The summed E-state index contributed by atoms with van der Waals surface area (Å²) in [6.07, 6.45) is 0.196. The van der Waals surface area contributed by atoms with Gasteiger partial charge in [-0.1, -0.05) is 12.2 Å². The zero-order chi connectivity index (χ0) is 21.0. The van der Waals surface area contributed by atoms with Crippen molar-refractivity contribution < 1.29 is 29.2 Å². The van der Waals surface area contributed by atoms with Gasteiger partial charge >= 0.3 is 0 Å². The summed E-state index contributed by atoms with van der Waals surface area (Å²) in [5.74, 6) is -0.478. The Labute approximate surface area is 166 Å². The van der Waals surface area contributed by atoms with Crippen molar-refractivity contribution in [1.29, 1.82) is 0 Å². The lowest BCUT2D eigenvalue weighted by Crippen LogP contribution is -2.21. The standard InChI is InChI=1S/C22H20O7/c1-9(2)11-7-12-20(25)18-13(23)5-10(27-3)6-15(18)29-22(12)19-14(24)8-16(28-4)21(26)17(11)19/h5-6,8,11,23-24,26H,1,7H2,2-4H3/t11-/m1/s1. The van der Waals surface area contributed by atoms with Gasteiger partial charge in [-0.2, -0.15) is 0 Å². The number of allylic oxidation sites excluding steroid dienone is 1. The smallest absolute Gasteiger partial charge is 0.200 e. The average Bonchev–Trinajstić information content (AvgIpc) is 2.68. The van der Waals surface area contributed by atoms with Crippen LogP contribution in [0.25, 0.3) is 22.3 Å². The summed E-state index contributed by atoms with van der Waals surface area (Å²) in [5, 5.41) is 31.8. The summed E-state index contributed by atoms with van der Waals surface area (Å²) < 4.78 is 16.3. The van der Waals surface area contributed by atoms with Crippen molar-refractivity contribution in [1.82, 2.24) is 0 Å². The fraction of sp³-hybridized carbons (Fsp3) is 0.227. The van der Waals surface area contributed by atoms with Crippen LogP contribution in [0.5, 0.6) is 28.7 Å². The van der Waals surface area contributed by atoms with Gasteiger partial charge in [-0.25, -0.2) is 0 Å². The summed E-state index contributed by atoms with van der Waals surface area (Å²) in [4.78, 5) is 13.2. The van der Waals surface area contributed by atoms with E-state index in [1.165, 1.54) is 32.4 Å². The molecule has 0 bridgehead atoms. The van der Waals surface area contributed by atoms with Crippen LogP contribution in [-0.4, -0.2) is 29.5 Å². The molecule has 0 radical (unpaired) electrons. The number of fused-ring (bicyclic) bond motifs is 4. The Morgan fingerprint density at radius 1 is 1.14 bits per heavy atom. The highest BCUT2D eigenvalue weighted by molar-refractivity contribution is 5.90. The molecule has 2 aromatic carbocycles. The zero-order valence-electron chi connectivity index (χ0n) is 16.2. The molecular weight excluding hydrogens is 376 g/mol. The highest BCUT2D eigenvalue weighted by Gasteiger charge is 2.36. The first-order valence-electron chi connectivity index (χ1n) is 8.93. The Bertz CT molecular complexity index is 1240. The van der Waals surface area contributed by atoms with Crippen molar-refractivity contribution in [3.8, 4) is 40.1 Å². The second-order valence-corrected chi connectivity index (χ2v) is 7.10. The van der Waals surface area contributed by atoms with E-state index in [1.807, 2.05) is 0 Å². The second-order valence-electron chi connectivity index (χ2n) is 7.10. The molecule has 1 heterocycles. The Balaban J connectivity index is 2.16. The van der Waals surface area contributed by atoms with Gasteiger partial charge < -0.3 is 29.2 Å². The highest BCUT2D eigenvalue weighted by atomic mass is 16.5. The first-order chi connectivity index (χ1) is 13.8. The van der Waals surface area contributed by atoms with Crippen molar-refractivity contribution in [2.24, 2.45) is 0 Å². The molecule has 0 unspecified atom stereocenters. The molecular formula is C22H20O7. The maximum Gasteiger partial charge on any atom is 0.200 e. The highest BCUT2D eigenvalue weighted by Crippen LogP contribution is 2.53. The van der Waals surface area contributed by atoms with E-state index in [2.05, 4.69) is 6.58 Å². The Morgan fingerprint density at radius 2 is 1.86 bits per heavy atom. The molecule has 1 aliphatic rings. The first kappa shape index (κ1) is 18.7. The maximum absolute atomic E-state index is 13.2. The number of phenolic OH excluding ortho intramolecular Hbond substituents is 3. The summed E-state index contributed by atoms with van der Waals surface area (Å²) in [5.41, 5.74) is 1.28. The molecule has 7 nitrogen and oxygen atoms in total. The number of methoxy groups -OCH3 is 2. The molecule has 150 valence electrons. The molecule has 1 aromatic heterocycles. The lowest BCUT2D eigenvalue weighted by Gasteiger charge is -2.29. The third kappa shape index (κ3) is 2.61. The van der Waals surface area contributed by atoms with E-state index >= 15 is 0 Å². The van der Waals surface area contributed by atoms with E-state index in [0.29, 0.717) is 22.4 Å². The van der Waals surface area contributed by atoms with E-state index in [4.69, 9.17) is 13.9 Å². The monoisotopic (exact) mass is 396 g/mol. The topological polar surface area (TPSA) is 109 Å². The molecule has 0 spiro atoms. The number of ether oxygens (including phenoxy) is 2. The minimum absolute atomic E-state index is 0.0330. The summed E-state index contributed by atoms with van der Waals surface area (Å²) in [6.45, 7) is 5.76. The molecule has 0 fully saturated rings. The van der Waals surface area contributed by atoms with Gasteiger partial charge in [-0.15, -0.1) is 0 Å². The van der Waals surface area contributed by atoms with Gasteiger partial charge in [0.25, 0.3) is 0 Å². The number of benzene rings is 2. The second kappa shape index (κ2) is 6.48. The number of hydrogen-bond donors (Lipinski definition) is 3. The Hall–Kier alpha value is -3.61. The minimum Gasteiger partial charge on any atom is -0.507 e. The van der Waals surface area contributed by atoms with Crippen LogP contribution in [0.3, 0.4) is 0 Å². The maximum atomic E-state index is 13.2. The van der Waals surface area contributed by atoms with Crippen molar-refractivity contribution in [3.05, 3.63) is 51.7 Å². The van der Waals surface area contributed by atoms with Crippen molar-refractivity contribution in [3.63, 3.8) is 0 Å². The van der Waals surface area contributed by atoms with Gasteiger partial charge in [-0.05, 0) is 13.3 Å². The average molecular weight is 396 g/mol. The normalized spacial score (nSPS) is 14.9. The molecule has 1 atom stereocenters. The molecule has 0 saturated carbocycles. The zero-order valence-corrected chi connectivity index (χ0v) is 16.2. The molecule has 0 amide bonds. The molecule has 4 rings (SSSR count). The van der Waals surface area contributed by atoms with Crippen LogP contribution in [0.15, 0.2) is 39.6 Å². The number of rotatable bonds is 3. The van der Waals surface area contributed by atoms with E-state index in [1.54, 1.807) is 6.92 Å². The summed E-state index contributed by atoms with van der Waals surface area (Å²) in [7, 11) is 2.82. The molecule has 0 saturated heterocycles. The fourth-order valence-corrected chi connectivity index (χ4v) is 3.93. The van der Waals surface area contributed by atoms with E-state index in [9.17, 15) is 20.1 Å². The van der Waals surface area contributed by atoms with Crippen LogP contribution in [0.2, 0.25) is 0 Å². The third-order valence-corrected chi connectivity index (χ3v) is 5.36. The van der Waals surface area contributed by atoms with E-state index in [-0.39, 0.29) is 51.7 Å². The fourth-order valence-electron chi connectivity index (χ4n) is 3.93. The molecule has 29 heavy (non-hydrogen) atoms. The molecule has 0 aliphatic heterocycles. The first-order valence-corrected chi connectivity index (χ1v) is 8.93. The van der Waals surface area contributed by atoms with Crippen LogP contribution in [-0.2, 0) is 6.42 Å². The third-order valence-electron chi connectivity index (χ3n) is 5.36. The Kier molecular flexibility index (Phi) is 4.19. The molecule has 1 aliphatic carbocycles. The lowest BCUT2D eigenvalue weighted by molar-refractivity contribution is 0.363. The largest absolute Gasteiger partial charge is 0.507 e. The van der Waals surface area contributed by atoms with Gasteiger partial charge in [0.1, 0.15) is 34.0 Å². The van der Waals surface area contributed by atoms with Crippen molar-refractivity contribution in [2.75, 3.05) is 14.2 Å². The van der Waals surface area contributed by atoms with Crippen LogP contribution in [0.1, 0.15) is 24.0 Å². The lowest BCUT2D eigenvalue weighted by atomic mass is 9.77. The SMILES string of the molecule is C=C(C)[C@H]1Cc2c(oc3cc(OC)cc(O)c3c2=O)-c2c(O)cc(OC)c(O)c21. The molecule has 3 aromatic rings. The molecule has 3 N–H and O–H groups in total. The Morgan fingerprint density at radius 3 is 2.48 bits per heavy atom. The number of phenols is 3. The van der Waals surface area contributed by atoms with Crippen LogP contribution >= 0.6 is 0 Å². The van der Waals surface area contributed by atoms with Crippen molar-refractivity contribution >= 4 is 11.0 Å². The van der Waals surface area contributed by atoms with Gasteiger partial charge in [-0.3, -0.25) is 4.79 Å². The van der Waals surface area contributed by atoms with Gasteiger partial charge in [0.2, 0.25) is 0 Å². The van der Waals surface area contributed by atoms with Crippen LogP contribution < -0.4 is 14.9 Å². The predicted molar refractivity (Wildman–Crippen MR) is 107 cm³/mol. The minimum atomic E-state index is -0.445. The van der Waals surface area contributed by atoms with Gasteiger partial charge in [0, 0.05) is 35.2 Å². The number of aromatic hydroxyl groups is 3. The van der Waals surface area contributed by atoms with Crippen molar-refractivity contribution in [2.45, 2.75) is 19.3 Å². The predicted octanol–water partition coefficient (Wildman–Crippen LogP) is 3.81. The summed E-state index contributed by atoms with van der Waals surface area (Å²) >= 11 is 0. The van der Waals surface area contributed by atoms with Crippen LogP contribution in [0, 0.1) is 0 Å².